The molecule has 1 aromatic carbocycles. The first kappa shape index (κ1) is 14.9. The van der Waals surface area contributed by atoms with Gasteiger partial charge in [-0.25, -0.2) is 9.97 Å². The van der Waals surface area contributed by atoms with Gasteiger partial charge in [-0.1, -0.05) is 0 Å². The van der Waals surface area contributed by atoms with Crippen LogP contribution in [0.25, 0.3) is 28.3 Å². The number of ether oxygens (including phenoxy) is 1. The van der Waals surface area contributed by atoms with E-state index in [2.05, 4.69) is 27.4 Å². The van der Waals surface area contributed by atoms with Crippen molar-refractivity contribution in [2.24, 2.45) is 0 Å². The SMILES string of the molecule is Cc1cnccc1-c1nc2ncccn2c1-c1ccc2c(c1)NCCO2. The normalized spacial score (nSPS) is 13.1. The highest BCUT2D eigenvalue weighted by Crippen LogP contribution is 2.37. The number of benzene rings is 1. The summed E-state index contributed by atoms with van der Waals surface area (Å²) in [5.74, 6) is 1.56. The molecule has 0 saturated carbocycles. The first-order valence-corrected chi connectivity index (χ1v) is 8.56. The van der Waals surface area contributed by atoms with Gasteiger partial charge >= 0.3 is 0 Å². The van der Waals surface area contributed by atoms with Crippen LogP contribution in [0.5, 0.6) is 5.75 Å². The molecule has 0 saturated heterocycles. The molecule has 0 atom stereocenters. The van der Waals surface area contributed by atoms with Crippen LogP contribution < -0.4 is 10.1 Å². The van der Waals surface area contributed by atoms with Crippen LogP contribution in [-0.2, 0) is 0 Å². The van der Waals surface area contributed by atoms with Gasteiger partial charge in [0.05, 0.1) is 17.1 Å². The van der Waals surface area contributed by atoms with Gasteiger partial charge < -0.3 is 10.1 Å². The summed E-state index contributed by atoms with van der Waals surface area (Å²) >= 11 is 0. The molecular formula is C20H17N5O. The second kappa shape index (κ2) is 5.84. The van der Waals surface area contributed by atoms with Crippen LogP contribution in [-0.4, -0.2) is 32.5 Å². The Labute approximate surface area is 150 Å². The Morgan fingerprint density at radius 1 is 1.19 bits per heavy atom. The maximum absolute atomic E-state index is 5.71. The monoisotopic (exact) mass is 343 g/mol. The molecule has 6 heteroatoms. The standard InChI is InChI=1S/C20H17N5O/c1-13-12-21-7-5-15(13)18-19(25-9-2-6-23-20(25)24-18)14-3-4-17-16(11-14)22-8-10-26-17/h2-7,9,11-12,22H,8,10H2,1H3. The molecule has 5 rings (SSSR count). The average molecular weight is 343 g/mol. The van der Waals surface area contributed by atoms with Crippen molar-refractivity contribution in [3.8, 4) is 28.3 Å². The zero-order chi connectivity index (χ0) is 17.5. The first-order valence-electron chi connectivity index (χ1n) is 8.56. The number of rotatable bonds is 2. The molecule has 3 aromatic heterocycles. The Hall–Kier alpha value is -3.41. The van der Waals surface area contributed by atoms with E-state index in [9.17, 15) is 0 Å². The molecule has 26 heavy (non-hydrogen) atoms. The number of aryl methyl sites for hydroxylation is 1. The maximum Gasteiger partial charge on any atom is 0.234 e. The predicted octanol–water partition coefficient (Wildman–Crippen LogP) is 3.57. The Balaban J connectivity index is 1.79. The fourth-order valence-electron chi connectivity index (χ4n) is 3.38. The van der Waals surface area contributed by atoms with E-state index in [1.807, 2.05) is 41.9 Å². The Morgan fingerprint density at radius 3 is 3.08 bits per heavy atom. The summed E-state index contributed by atoms with van der Waals surface area (Å²) in [5, 5.41) is 3.40. The highest BCUT2D eigenvalue weighted by Gasteiger charge is 2.19. The van der Waals surface area contributed by atoms with E-state index in [0.717, 1.165) is 46.1 Å². The third kappa shape index (κ3) is 2.30. The van der Waals surface area contributed by atoms with Crippen molar-refractivity contribution in [1.29, 1.82) is 0 Å². The Bertz CT molecular complexity index is 1120. The molecular weight excluding hydrogens is 326 g/mol. The van der Waals surface area contributed by atoms with Crippen molar-refractivity contribution < 1.29 is 4.74 Å². The van der Waals surface area contributed by atoms with E-state index in [0.29, 0.717) is 12.4 Å². The fourth-order valence-corrected chi connectivity index (χ4v) is 3.38. The Kier molecular flexibility index (Phi) is 3.35. The van der Waals surface area contributed by atoms with Crippen molar-refractivity contribution in [1.82, 2.24) is 19.4 Å². The van der Waals surface area contributed by atoms with Crippen LogP contribution in [0, 0.1) is 6.92 Å². The number of pyridine rings is 1. The maximum atomic E-state index is 5.71. The first-order chi connectivity index (χ1) is 12.8. The van der Waals surface area contributed by atoms with Crippen molar-refractivity contribution in [2.45, 2.75) is 6.92 Å². The number of fused-ring (bicyclic) bond motifs is 2. The second-order valence-corrected chi connectivity index (χ2v) is 6.28. The highest BCUT2D eigenvalue weighted by atomic mass is 16.5. The third-order valence-corrected chi connectivity index (χ3v) is 4.61. The molecule has 6 nitrogen and oxygen atoms in total. The van der Waals surface area contributed by atoms with Gasteiger partial charge in [-0.05, 0) is 42.8 Å². The molecule has 4 heterocycles. The molecule has 1 N–H and O–H groups in total. The third-order valence-electron chi connectivity index (χ3n) is 4.61. The van der Waals surface area contributed by atoms with Gasteiger partial charge in [0.25, 0.3) is 0 Å². The van der Waals surface area contributed by atoms with Crippen LogP contribution in [0.3, 0.4) is 0 Å². The zero-order valence-corrected chi connectivity index (χ0v) is 14.3. The summed E-state index contributed by atoms with van der Waals surface area (Å²) in [4.78, 5) is 13.4. The molecule has 1 aliphatic heterocycles. The number of imidazole rings is 1. The van der Waals surface area contributed by atoms with Gasteiger partial charge in [0.2, 0.25) is 5.78 Å². The minimum Gasteiger partial charge on any atom is -0.490 e. The summed E-state index contributed by atoms with van der Waals surface area (Å²) < 4.78 is 7.74. The zero-order valence-electron chi connectivity index (χ0n) is 14.3. The summed E-state index contributed by atoms with van der Waals surface area (Å²) in [5.41, 5.74) is 6.12. The summed E-state index contributed by atoms with van der Waals surface area (Å²) in [6.07, 6.45) is 7.41. The molecule has 0 fully saturated rings. The smallest absolute Gasteiger partial charge is 0.234 e. The number of nitrogens with zero attached hydrogens (tertiary/aromatic N) is 4. The molecule has 0 radical (unpaired) electrons. The van der Waals surface area contributed by atoms with Crippen molar-refractivity contribution in [2.75, 3.05) is 18.5 Å². The molecule has 0 unspecified atom stereocenters. The highest BCUT2D eigenvalue weighted by molar-refractivity contribution is 5.84. The van der Waals surface area contributed by atoms with Gasteiger partial charge in [0, 0.05) is 42.5 Å². The lowest BCUT2D eigenvalue weighted by Crippen LogP contribution is -2.17. The molecule has 0 bridgehead atoms. The average Bonchev–Trinajstić information content (AvgIpc) is 3.07. The van der Waals surface area contributed by atoms with Crippen LogP contribution in [0.2, 0.25) is 0 Å². The molecule has 0 amide bonds. The molecule has 1 aliphatic rings. The van der Waals surface area contributed by atoms with Gasteiger partial charge in [0.1, 0.15) is 12.4 Å². The second-order valence-electron chi connectivity index (χ2n) is 6.28. The van der Waals surface area contributed by atoms with E-state index in [1.165, 1.54) is 0 Å². The van der Waals surface area contributed by atoms with Crippen molar-refractivity contribution in [3.05, 3.63) is 60.7 Å². The largest absolute Gasteiger partial charge is 0.490 e. The van der Waals surface area contributed by atoms with Gasteiger partial charge in [0.15, 0.2) is 0 Å². The van der Waals surface area contributed by atoms with Gasteiger partial charge in [-0.15, -0.1) is 0 Å². The van der Waals surface area contributed by atoms with E-state index in [-0.39, 0.29) is 0 Å². The predicted molar refractivity (Wildman–Crippen MR) is 100 cm³/mol. The molecule has 0 aliphatic carbocycles. The number of aromatic nitrogens is 4. The minimum atomic E-state index is 0.677. The summed E-state index contributed by atoms with van der Waals surface area (Å²) in [6, 6.07) is 10.1. The van der Waals surface area contributed by atoms with Crippen LogP contribution in [0.1, 0.15) is 5.56 Å². The summed E-state index contributed by atoms with van der Waals surface area (Å²) in [7, 11) is 0. The van der Waals surface area contributed by atoms with Crippen molar-refractivity contribution >= 4 is 11.5 Å². The lowest BCUT2D eigenvalue weighted by molar-refractivity contribution is 0.323. The number of anilines is 1. The lowest BCUT2D eigenvalue weighted by atomic mass is 10.0. The van der Waals surface area contributed by atoms with Crippen LogP contribution in [0.15, 0.2) is 55.1 Å². The summed E-state index contributed by atoms with van der Waals surface area (Å²) in [6.45, 7) is 3.54. The Morgan fingerprint density at radius 2 is 2.15 bits per heavy atom. The molecule has 4 aromatic rings. The number of nitrogens with one attached hydrogen (secondary N) is 1. The van der Waals surface area contributed by atoms with Crippen LogP contribution >= 0.6 is 0 Å². The lowest BCUT2D eigenvalue weighted by Gasteiger charge is -2.20. The van der Waals surface area contributed by atoms with Gasteiger partial charge in [-0.2, -0.15) is 0 Å². The van der Waals surface area contributed by atoms with E-state index >= 15 is 0 Å². The number of hydrogen-bond acceptors (Lipinski definition) is 5. The topological polar surface area (TPSA) is 64.3 Å². The van der Waals surface area contributed by atoms with E-state index in [4.69, 9.17) is 9.72 Å². The molecule has 128 valence electrons. The van der Waals surface area contributed by atoms with Crippen molar-refractivity contribution in [3.63, 3.8) is 0 Å². The van der Waals surface area contributed by atoms with E-state index < -0.39 is 0 Å². The number of hydrogen-bond donors (Lipinski definition) is 1. The van der Waals surface area contributed by atoms with Gasteiger partial charge in [-0.3, -0.25) is 9.38 Å². The molecule has 0 spiro atoms. The van der Waals surface area contributed by atoms with E-state index in [1.54, 1.807) is 12.4 Å². The fraction of sp³-hybridized carbons (Fsp3) is 0.150. The quantitative estimate of drug-likeness (QED) is 0.603. The minimum absolute atomic E-state index is 0.677. The van der Waals surface area contributed by atoms with Crippen LogP contribution in [0.4, 0.5) is 5.69 Å².